The van der Waals surface area contributed by atoms with Crippen LogP contribution in [0, 0.1) is 35.1 Å². The van der Waals surface area contributed by atoms with Gasteiger partial charge in [0.1, 0.15) is 51.4 Å². The highest BCUT2D eigenvalue weighted by Crippen LogP contribution is 2.36. The number of nitrogens with one attached hydrogen (secondary N) is 4. The van der Waals surface area contributed by atoms with E-state index in [2.05, 4.69) is 78.7 Å². The van der Waals surface area contributed by atoms with Crippen LogP contribution in [-0.4, -0.2) is 65.3 Å². The zero-order valence-corrected chi connectivity index (χ0v) is 33.0. The summed E-state index contributed by atoms with van der Waals surface area (Å²) in [4.78, 5) is 17.5. The van der Waals surface area contributed by atoms with Gasteiger partial charge in [-0.15, -0.1) is 0 Å². The lowest BCUT2D eigenvalue weighted by Gasteiger charge is -2.09. The summed E-state index contributed by atoms with van der Waals surface area (Å²) in [5.74, 6) is 4.67. The summed E-state index contributed by atoms with van der Waals surface area (Å²) in [6.45, 7) is 3.21. The van der Waals surface area contributed by atoms with Crippen molar-refractivity contribution < 1.29 is 32.1 Å². The quantitative estimate of drug-likeness (QED) is 0.0729. The average molecular weight is 868 g/mol. The molecule has 0 aliphatic rings. The molecule has 0 saturated carbocycles. The number of H-pyrrole nitrogens is 2. The Morgan fingerprint density at radius 1 is 0.678 bits per heavy atom. The van der Waals surface area contributed by atoms with Gasteiger partial charge in [-0.05, 0) is 74.5 Å². The molecule has 0 fully saturated rings. The number of halogens is 5. The molecule has 0 aliphatic carbocycles. The van der Waals surface area contributed by atoms with E-state index < -0.39 is 28.9 Å². The van der Waals surface area contributed by atoms with Gasteiger partial charge in [0, 0.05) is 33.3 Å². The fourth-order valence-corrected chi connectivity index (χ4v) is 5.99. The number of fused-ring (bicyclic) bond motifs is 2. The van der Waals surface area contributed by atoms with Crippen LogP contribution in [0.15, 0.2) is 89.7 Å². The third-order valence-corrected chi connectivity index (χ3v) is 8.82. The van der Waals surface area contributed by atoms with Crippen molar-refractivity contribution >= 4 is 61.3 Å². The molecule has 4 aromatic heterocycles. The first-order valence-electron chi connectivity index (χ1n) is 17.4. The molecular formula is C41H31BrF4N10O3. The van der Waals surface area contributed by atoms with Crippen LogP contribution in [0.25, 0.3) is 44.8 Å². The molecule has 0 atom stereocenters. The minimum atomic E-state index is -1.13. The molecule has 4 heterocycles. The van der Waals surface area contributed by atoms with E-state index in [9.17, 15) is 22.7 Å². The molecule has 0 bridgehead atoms. The summed E-state index contributed by atoms with van der Waals surface area (Å²) in [7, 11) is 3.13. The van der Waals surface area contributed by atoms with Crippen molar-refractivity contribution in [3.8, 4) is 45.9 Å². The third kappa shape index (κ3) is 9.22. The summed E-state index contributed by atoms with van der Waals surface area (Å²) in [5, 5.41) is 29.6. The van der Waals surface area contributed by atoms with Gasteiger partial charge >= 0.3 is 0 Å². The van der Waals surface area contributed by atoms with Gasteiger partial charge in [0.05, 0.1) is 49.4 Å². The van der Waals surface area contributed by atoms with E-state index in [1.54, 1.807) is 46.3 Å². The largest absolute Gasteiger partial charge is 0.496 e. The summed E-state index contributed by atoms with van der Waals surface area (Å²) in [5.41, 5.74) is 4.00. The number of nitrogens with zero attached hydrogens (tertiary/aromatic N) is 6. The van der Waals surface area contributed by atoms with Crippen molar-refractivity contribution in [2.45, 2.75) is 19.4 Å². The topological polar surface area (TPSA) is 172 Å². The van der Waals surface area contributed by atoms with Gasteiger partial charge in [0.2, 0.25) is 11.3 Å². The molecule has 4 aromatic carbocycles. The number of aromatic amines is 2. The number of rotatable bonds is 8. The summed E-state index contributed by atoms with van der Waals surface area (Å²) >= 11 is 3.44. The minimum Gasteiger partial charge on any atom is -0.496 e. The number of benzene rings is 4. The van der Waals surface area contributed by atoms with E-state index in [0.29, 0.717) is 56.3 Å². The molecule has 8 aromatic rings. The number of ether oxygens (including phenoxy) is 2. The van der Waals surface area contributed by atoms with Gasteiger partial charge in [-0.25, -0.2) is 37.5 Å². The normalized spacial score (nSPS) is 11.1. The SMILES string of the molecule is COc1ccc(Br)cc1-c1[nH]nc2nc(Nc3ccc(F)cc3F)cnc12.COc1ccc(C#CC(C)(C)O)cc1-c1[nH]nc2nc(Nc3ccc(F)cc3F)cnc12. The van der Waals surface area contributed by atoms with Gasteiger partial charge in [-0.3, -0.25) is 10.2 Å². The highest BCUT2D eigenvalue weighted by atomic mass is 79.9. The lowest BCUT2D eigenvalue weighted by atomic mass is 10.0. The molecule has 0 unspecified atom stereocenters. The Morgan fingerprint density at radius 2 is 1.17 bits per heavy atom. The molecule has 0 amide bonds. The monoisotopic (exact) mass is 866 g/mol. The number of aliphatic hydroxyl groups is 1. The Kier molecular flexibility index (Phi) is 11.4. The molecule has 0 radical (unpaired) electrons. The van der Waals surface area contributed by atoms with Gasteiger partial charge < -0.3 is 25.2 Å². The molecule has 8 rings (SSSR count). The maximum Gasteiger partial charge on any atom is 0.202 e. The molecule has 298 valence electrons. The van der Waals surface area contributed by atoms with Crippen LogP contribution in [0.3, 0.4) is 0 Å². The summed E-state index contributed by atoms with van der Waals surface area (Å²) in [6.07, 6.45) is 2.88. The molecular weight excluding hydrogens is 836 g/mol. The van der Waals surface area contributed by atoms with Crippen LogP contribution in [0.2, 0.25) is 0 Å². The van der Waals surface area contributed by atoms with Crippen LogP contribution < -0.4 is 20.1 Å². The van der Waals surface area contributed by atoms with Crippen molar-refractivity contribution in [3.05, 3.63) is 118 Å². The second-order valence-electron chi connectivity index (χ2n) is 13.1. The average Bonchev–Trinajstić information content (AvgIpc) is 3.83. The Bertz CT molecular complexity index is 2910. The first-order valence-corrected chi connectivity index (χ1v) is 18.2. The van der Waals surface area contributed by atoms with Crippen LogP contribution in [-0.2, 0) is 0 Å². The van der Waals surface area contributed by atoms with Gasteiger partial charge in [0.15, 0.2) is 11.6 Å². The summed E-state index contributed by atoms with van der Waals surface area (Å²) in [6, 6.07) is 17.4. The number of aromatic nitrogens is 8. The van der Waals surface area contributed by atoms with Crippen molar-refractivity contribution in [2.75, 3.05) is 24.9 Å². The first-order chi connectivity index (χ1) is 28.3. The standard InChI is InChI=1S/C23H19F2N5O2.C18H12BrF2N5O/c1-23(2,31)9-8-13-4-7-18(32-3)15(10-13)20-21-22(30-29-20)28-19(12-26-21)27-17-6-5-14(24)11-16(17)25;1-27-14-5-2-9(19)6-11(14)16-17-18(26-25-16)24-15(8-22-17)23-13-4-3-10(20)7-12(13)21/h4-7,10-12,31H,1-3H3,(H2,27,28,29,30);2-8H,1H3,(H2,23,24,25,26). The third-order valence-electron chi connectivity index (χ3n) is 8.33. The Morgan fingerprint density at radius 3 is 1.64 bits per heavy atom. The summed E-state index contributed by atoms with van der Waals surface area (Å²) < 4.78 is 65.6. The van der Waals surface area contributed by atoms with E-state index in [-0.39, 0.29) is 23.0 Å². The van der Waals surface area contributed by atoms with E-state index in [4.69, 9.17) is 9.47 Å². The second-order valence-corrected chi connectivity index (χ2v) is 14.0. The van der Waals surface area contributed by atoms with Crippen LogP contribution in [0.5, 0.6) is 11.5 Å². The fraction of sp³-hybridized carbons (Fsp3) is 0.122. The van der Waals surface area contributed by atoms with E-state index in [0.717, 1.165) is 34.3 Å². The minimum absolute atomic E-state index is 0.0653. The zero-order chi connectivity index (χ0) is 41.8. The van der Waals surface area contributed by atoms with E-state index in [1.807, 2.05) is 18.2 Å². The van der Waals surface area contributed by atoms with Gasteiger partial charge in [0.25, 0.3) is 0 Å². The Balaban J connectivity index is 0.000000181. The van der Waals surface area contributed by atoms with Crippen LogP contribution in [0.1, 0.15) is 19.4 Å². The molecule has 0 saturated heterocycles. The number of methoxy groups -OCH3 is 2. The zero-order valence-electron chi connectivity index (χ0n) is 31.4. The van der Waals surface area contributed by atoms with Crippen molar-refractivity contribution in [3.63, 3.8) is 0 Å². The lowest BCUT2D eigenvalue weighted by molar-refractivity contribution is 0.143. The van der Waals surface area contributed by atoms with E-state index in [1.165, 1.54) is 24.5 Å². The van der Waals surface area contributed by atoms with Crippen LogP contribution >= 0.6 is 15.9 Å². The predicted octanol–water partition coefficient (Wildman–Crippen LogP) is 8.99. The Labute approximate surface area is 341 Å². The van der Waals surface area contributed by atoms with Crippen molar-refractivity contribution in [1.29, 1.82) is 0 Å². The molecule has 59 heavy (non-hydrogen) atoms. The molecule has 0 spiro atoms. The first kappa shape index (κ1) is 40.1. The smallest absolute Gasteiger partial charge is 0.202 e. The van der Waals surface area contributed by atoms with Crippen LogP contribution in [0.4, 0.5) is 40.6 Å². The van der Waals surface area contributed by atoms with Crippen molar-refractivity contribution in [1.82, 2.24) is 40.3 Å². The number of hydrogen-bond donors (Lipinski definition) is 5. The van der Waals surface area contributed by atoms with Gasteiger partial charge in [-0.2, -0.15) is 10.2 Å². The maximum absolute atomic E-state index is 13.9. The number of anilines is 4. The number of hydrogen-bond acceptors (Lipinski definition) is 11. The fourth-order valence-electron chi connectivity index (χ4n) is 5.63. The molecule has 5 N–H and O–H groups in total. The molecule has 13 nitrogen and oxygen atoms in total. The van der Waals surface area contributed by atoms with Gasteiger partial charge in [-0.1, -0.05) is 27.8 Å². The molecule has 0 aliphatic heterocycles. The predicted molar refractivity (Wildman–Crippen MR) is 218 cm³/mol. The molecule has 18 heteroatoms. The second kappa shape index (κ2) is 16.8. The van der Waals surface area contributed by atoms with Crippen molar-refractivity contribution in [2.24, 2.45) is 0 Å². The van der Waals surface area contributed by atoms with E-state index >= 15 is 0 Å². The maximum atomic E-state index is 13.9. The Hall–Kier alpha value is -7.10. The highest BCUT2D eigenvalue weighted by Gasteiger charge is 2.18. The highest BCUT2D eigenvalue weighted by molar-refractivity contribution is 9.10. The lowest BCUT2D eigenvalue weighted by Crippen LogP contribution is -2.14.